The summed E-state index contributed by atoms with van der Waals surface area (Å²) in [5, 5.41) is -0.00513. The Balaban J connectivity index is 2.37. The highest BCUT2D eigenvalue weighted by Gasteiger charge is 2.39. The second-order valence-electron chi connectivity index (χ2n) is 3.82. The van der Waals surface area contributed by atoms with Crippen molar-refractivity contribution in [1.29, 1.82) is 0 Å². The minimum atomic E-state index is -4.63. The van der Waals surface area contributed by atoms with Crippen LogP contribution in [0.25, 0.3) is 17.2 Å². The summed E-state index contributed by atoms with van der Waals surface area (Å²) in [6.45, 7) is 0. The van der Waals surface area contributed by atoms with Crippen molar-refractivity contribution in [2.75, 3.05) is 0 Å². The van der Waals surface area contributed by atoms with Crippen LogP contribution in [0.5, 0.6) is 0 Å². The maximum Gasteiger partial charge on any atom is 0.435 e. The summed E-state index contributed by atoms with van der Waals surface area (Å²) < 4.78 is 40.5. The molecule has 0 saturated carbocycles. The quantitative estimate of drug-likeness (QED) is 0.693. The minimum Gasteiger partial charge on any atom is -0.281 e. The normalized spacial score (nSPS) is 12.0. The molecule has 0 aliphatic carbocycles. The van der Waals surface area contributed by atoms with Gasteiger partial charge in [0.25, 0.3) is 0 Å². The molecule has 0 fully saturated rings. The van der Waals surface area contributed by atoms with Crippen molar-refractivity contribution in [2.24, 2.45) is 0 Å². The molecular formula is C11H5ClF3N5. The Bertz CT molecular complexity index is 783. The standard InChI is InChI=1S/C11H5ClF3N5/c12-7-5-16-4-6(18-7)8-9(11(13,14)15)19-10-17-2-1-3-20(8)10/h1-5H. The summed E-state index contributed by atoms with van der Waals surface area (Å²) >= 11 is 5.68. The van der Waals surface area contributed by atoms with Crippen LogP contribution in [-0.2, 0) is 6.18 Å². The third kappa shape index (κ3) is 2.07. The van der Waals surface area contributed by atoms with Crippen molar-refractivity contribution in [3.8, 4) is 11.4 Å². The van der Waals surface area contributed by atoms with E-state index < -0.39 is 11.9 Å². The van der Waals surface area contributed by atoms with E-state index in [1.807, 2.05) is 0 Å². The summed E-state index contributed by atoms with van der Waals surface area (Å²) in [7, 11) is 0. The molecule has 0 bridgehead atoms. The topological polar surface area (TPSA) is 56.0 Å². The Kier molecular flexibility index (Phi) is 2.82. The van der Waals surface area contributed by atoms with Crippen molar-refractivity contribution in [1.82, 2.24) is 24.3 Å². The van der Waals surface area contributed by atoms with Gasteiger partial charge < -0.3 is 0 Å². The lowest BCUT2D eigenvalue weighted by atomic mass is 10.2. The third-order valence-electron chi connectivity index (χ3n) is 2.52. The number of rotatable bonds is 1. The lowest BCUT2D eigenvalue weighted by Gasteiger charge is -2.06. The average Bonchev–Trinajstić information content (AvgIpc) is 2.78. The highest BCUT2D eigenvalue weighted by Crippen LogP contribution is 2.36. The first-order valence-electron chi connectivity index (χ1n) is 5.35. The SMILES string of the molecule is FC(F)(F)c1nc2ncccn2c1-c1cncc(Cl)n1. The predicted molar refractivity (Wildman–Crippen MR) is 64.0 cm³/mol. The van der Waals surface area contributed by atoms with Crippen LogP contribution < -0.4 is 0 Å². The number of nitrogens with zero attached hydrogens (tertiary/aromatic N) is 5. The Morgan fingerprint density at radius 2 is 1.95 bits per heavy atom. The molecule has 0 aliphatic heterocycles. The molecule has 3 aromatic heterocycles. The molecule has 20 heavy (non-hydrogen) atoms. The minimum absolute atomic E-state index is 0.00513. The Morgan fingerprint density at radius 3 is 2.65 bits per heavy atom. The van der Waals surface area contributed by atoms with E-state index in [9.17, 15) is 13.2 Å². The fourth-order valence-corrected chi connectivity index (χ4v) is 1.93. The lowest BCUT2D eigenvalue weighted by Crippen LogP contribution is -2.08. The van der Waals surface area contributed by atoms with E-state index in [1.54, 1.807) is 0 Å². The number of fused-ring (bicyclic) bond motifs is 1. The average molecular weight is 300 g/mol. The number of imidazole rings is 1. The Labute approximate surface area is 115 Å². The summed E-state index contributed by atoms with van der Waals surface area (Å²) in [5.41, 5.74) is -1.34. The second kappa shape index (κ2) is 4.41. The molecule has 0 unspecified atom stereocenters. The van der Waals surface area contributed by atoms with E-state index >= 15 is 0 Å². The molecule has 0 aliphatic rings. The maximum absolute atomic E-state index is 13.1. The zero-order valence-electron chi connectivity index (χ0n) is 9.63. The van der Waals surface area contributed by atoms with E-state index in [-0.39, 0.29) is 22.3 Å². The van der Waals surface area contributed by atoms with E-state index in [4.69, 9.17) is 11.6 Å². The van der Waals surface area contributed by atoms with Crippen LogP contribution in [0, 0.1) is 0 Å². The van der Waals surface area contributed by atoms with Crippen LogP contribution >= 0.6 is 11.6 Å². The molecule has 102 valence electrons. The predicted octanol–water partition coefficient (Wildman–Crippen LogP) is 2.86. The molecule has 3 rings (SSSR count). The van der Waals surface area contributed by atoms with Gasteiger partial charge >= 0.3 is 6.18 Å². The zero-order valence-corrected chi connectivity index (χ0v) is 10.4. The van der Waals surface area contributed by atoms with E-state index in [2.05, 4.69) is 19.9 Å². The summed E-state index contributed by atoms with van der Waals surface area (Å²) in [6, 6.07) is 1.50. The zero-order chi connectivity index (χ0) is 14.3. The van der Waals surface area contributed by atoms with Crippen LogP contribution in [0.3, 0.4) is 0 Å². The molecule has 0 saturated heterocycles. The summed E-state index contributed by atoms with van der Waals surface area (Å²) in [5.74, 6) is -0.0726. The molecule has 0 N–H and O–H groups in total. The van der Waals surface area contributed by atoms with Gasteiger partial charge in [-0.2, -0.15) is 13.2 Å². The molecule has 3 heterocycles. The molecule has 0 aromatic carbocycles. The van der Waals surface area contributed by atoms with Gasteiger partial charge in [0, 0.05) is 12.4 Å². The van der Waals surface area contributed by atoms with E-state index in [0.717, 1.165) is 0 Å². The van der Waals surface area contributed by atoms with Crippen molar-refractivity contribution in [3.63, 3.8) is 0 Å². The first-order chi connectivity index (χ1) is 9.47. The number of halogens is 4. The first kappa shape index (κ1) is 12.8. The van der Waals surface area contributed by atoms with Gasteiger partial charge in [-0.15, -0.1) is 0 Å². The van der Waals surface area contributed by atoms with Gasteiger partial charge in [0.05, 0.1) is 12.4 Å². The van der Waals surface area contributed by atoms with Gasteiger partial charge in [-0.3, -0.25) is 9.38 Å². The first-order valence-corrected chi connectivity index (χ1v) is 5.73. The van der Waals surface area contributed by atoms with E-state index in [0.29, 0.717) is 0 Å². The Hall–Kier alpha value is -2.22. The Morgan fingerprint density at radius 1 is 1.15 bits per heavy atom. The largest absolute Gasteiger partial charge is 0.435 e. The van der Waals surface area contributed by atoms with Crippen LogP contribution in [0.4, 0.5) is 13.2 Å². The van der Waals surface area contributed by atoms with Gasteiger partial charge in [-0.05, 0) is 6.07 Å². The van der Waals surface area contributed by atoms with Crippen molar-refractivity contribution >= 4 is 17.4 Å². The van der Waals surface area contributed by atoms with Gasteiger partial charge in [0.15, 0.2) is 5.69 Å². The molecule has 0 amide bonds. The maximum atomic E-state index is 13.1. The second-order valence-corrected chi connectivity index (χ2v) is 4.21. The van der Waals surface area contributed by atoms with Crippen LogP contribution in [0.15, 0.2) is 30.9 Å². The van der Waals surface area contributed by atoms with Crippen LogP contribution in [-0.4, -0.2) is 24.3 Å². The molecule has 9 heteroatoms. The monoisotopic (exact) mass is 299 g/mol. The highest BCUT2D eigenvalue weighted by atomic mass is 35.5. The molecule has 5 nitrogen and oxygen atoms in total. The molecule has 3 aromatic rings. The lowest BCUT2D eigenvalue weighted by molar-refractivity contribution is -0.140. The van der Waals surface area contributed by atoms with Crippen molar-refractivity contribution < 1.29 is 13.2 Å². The summed E-state index contributed by atoms with van der Waals surface area (Å²) in [6.07, 6.45) is 0.572. The van der Waals surface area contributed by atoms with Gasteiger partial charge in [-0.1, -0.05) is 11.6 Å². The van der Waals surface area contributed by atoms with Gasteiger partial charge in [-0.25, -0.2) is 15.0 Å². The number of hydrogen-bond acceptors (Lipinski definition) is 4. The van der Waals surface area contributed by atoms with Crippen LogP contribution in [0.1, 0.15) is 5.69 Å². The molecular weight excluding hydrogens is 295 g/mol. The van der Waals surface area contributed by atoms with Crippen molar-refractivity contribution in [3.05, 3.63) is 41.7 Å². The number of alkyl halides is 3. The third-order valence-corrected chi connectivity index (χ3v) is 2.70. The molecule has 0 spiro atoms. The van der Waals surface area contributed by atoms with Crippen LogP contribution in [0.2, 0.25) is 5.15 Å². The summed E-state index contributed by atoms with van der Waals surface area (Å²) in [4.78, 5) is 14.9. The van der Waals surface area contributed by atoms with Gasteiger partial charge in [0.2, 0.25) is 5.78 Å². The number of aromatic nitrogens is 5. The molecule has 0 radical (unpaired) electrons. The number of hydrogen-bond donors (Lipinski definition) is 0. The highest BCUT2D eigenvalue weighted by molar-refractivity contribution is 6.29. The molecule has 0 atom stereocenters. The van der Waals surface area contributed by atoms with Gasteiger partial charge in [0.1, 0.15) is 16.5 Å². The van der Waals surface area contributed by atoms with E-state index in [1.165, 1.54) is 35.3 Å². The smallest absolute Gasteiger partial charge is 0.281 e. The fraction of sp³-hybridized carbons (Fsp3) is 0.0909. The van der Waals surface area contributed by atoms with Crippen molar-refractivity contribution in [2.45, 2.75) is 6.18 Å². The fourth-order valence-electron chi connectivity index (χ4n) is 1.79.